The van der Waals surface area contributed by atoms with Gasteiger partial charge in [-0.1, -0.05) is 6.07 Å². The number of rotatable bonds is 5. The van der Waals surface area contributed by atoms with Crippen LogP contribution >= 0.6 is 12.4 Å². The highest BCUT2D eigenvalue weighted by atomic mass is 35.5. The van der Waals surface area contributed by atoms with Crippen LogP contribution in [0.4, 0.5) is 5.69 Å². The molecule has 2 N–H and O–H groups in total. The zero-order chi connectivity index (χ0) is 15.9. The van der Waals surface area contributed by atoms with Crippen molar-refractivity contribution in [1.29, 1.82) is 0 Å². The molecule has 0 bridgehead atoms. The minimum atomic E-state index is -0.204. The third-order valence-electron chi connectivity index (χ3n) is 2.95. The second-order valence-corrected chi connectivity index (χ2v) is 4.64. The summed E-state index contributed by atoms with van der Waals surface area (Å²) in [5, 5.41) is 5.50. The molecule has 1 aromatic heterocycles. The molecule has 0 spiro atoms. The molecule has 0 aliphatic heterocycles. The lowest BCUT2D eigenvalue weighted by atomic mass is 10.1. The fourth-order valence-corrected chi connectivity index (χ4v) is 1.93. The van der Waals surface area contributed by atoms with E-state index in [1.165, 1.54) is 20.2 Å². The van der Waals surface area contributed by atoms with Crippen molar-refractivity contribution in [2.75, 3.05) is 12.4 Å². The van der Waals surface area contributed by atoms with Gasteiger partial charge in [-0.05, 0) is 29.8 Å². The number of hydrogen-bond acceptors (Lipinski definition) is 4. The van der Waals surface area contributed by atoms with Gasteiger partial charge in [-0.2, -0.15) is 0 Å². The number of nitrogens with zero attached hydrogens (tertiary/aromatic N) is 1. The normalized spacial score (nSPS) is 9.48. The first-order valence-electron chi connectivity index (χ1n) is 6.73. The Bertz CT molecular complexity index is 678. The maximum Gasteiger partial charge on any atom is 0.253 e. The third-order valence-corrected chi connectivity index (χ3v) is 2.95. The van der Waals surface area contributed by atoms with E-state index in [0.717, 1.165) is 5.56 Å². The third kappa shape index (κ3) is 5.27. The molecule has 0 saturated heterocycles. The molecule has 2 amide bonds. The fourth-order valence-electron chi connectivity index (χ4n) is 1.93. The van der Waals surface area contributed by atoms with E-state index in [1.54, 1.807) is 30.5 Å². The van der Waals surface area contributed by atoms with Gasteiger partial charge in [0.2, 0.25) is 5.91 Å². The van der Waals surface area contributed by atoms with Crippen LogP contribution in [-0.2, 0) is 11.3 Å². The highest BCUT2D eigenvalue weighted by molar-refractivity contribution is 5.94. The Labute approximate surface area is 140 Å². The van der Waals surface area contributed by atoms with E-state index < -0.39 is 0 Å². The summed E-state index contributed by atoms with van der Waals surface area (Å²) < 4.78 is 5.19. The van der Waals surface area contributed by atoms with Crippen LogP contribution in [0.2, 0.25) is 0 Å². The highest BCUT2D eigenvalue weighted by Gasteiger charge is 2.08. The van der Waals surface area contributed by atoms with Gasteiger partial charge in [0.1, 0.15) is 5.75 Å². The van der Waals surface area contributed by atoms with E-state index in [1.807, 2.05) is 6.07 Å². The molecular weight excluding hydrogens is 318 g/mol. The Kier molecular flexibility index (Phi) is 7.02. The number of halogens is 1. The van der Waals surface area contributed by atoms with Crippen molar-refractivity contribution in [3.05, 3.63) is 53.9 Å². The van der Waals surface area contributed by atoms with Crippen LogP contribution in [-0.4, -0.2) is 23.9 Å². The van der Waals surface area contributed by atoms with Crippen molar-refractivity contribution >= 4 is 29.9 Å². The molecular formula is C16H18ClN3O3. The smallest absolute Gasteiger partial charge is 0.253 e. The first-order chi connectivity index (χ1) is 10.6. The number of amides is 2. The Hall–Kier alpha value is -2.60. The average molecular weight is 336 g/mol. The Balaban J connectivity index is 0.00000264. The minimum absolute atomic E-state index is 0. The zero-order valence-electron chi connectivity index (χ0n) is 12.8. The second kappa shape index (κ2) is 8.75. The van der Waals surface area contributed by atoms with Crippen molar-refractivity contribution in [2.24, 2.45) is 0 Å². The molecule has 1 aromatic carbocycles. The number of ether oxygens (including phenoxy) is 1. The summed E-state index contributed by atoms with van der Waals surface area (Å²) in [4.78, 5) is 27.1. The van der Waals surface area contributed by atoms with Gasteiger partial charge in [0.15, 0.2) is 0 Å². The predicted octanol–water partition coefficient (Wildman–Crippen LogP) is 2.40. The van der Waals surface area contributed by atoms with Gasteiger partial charge < -0.3 is 15.4 Å². The number of aromatic nitrogens is 1. The SMILES string of the molecule is COc1ccc(CNC(=O)c2cccnc2)cc1NC(C)=O.Cl. The number of pyridine rings is 1. The minimum Gasteiger partial charge on any atom is -0.495 e. The molecule has 2 rings (SSSR count). The summed E-state index contributed by atoms with van der Waals surface area (Å²) in [5.41, 5.74) is 1.92. The van der Waals surface area contributed by atoms with Crippen LogP contribution in [0.3, 0.4) is 0 Å². The van der Waals surface area contributed by atoms with Crippen molar-refractivity contribution in [2.45, 2.75) is 13.5 Å². The number of nitrogens with one attached hydrogen (secondary N) is 2. The van der Waals surface area contributed by atoms with E-state index in [0.29, 0.717) is 23.5 Å². The maximum absolute atomic E-state index is 12.0. The van der Waals surface area contributed by atoms with Crippen molar-refractivity contribution in [3.8, 4) is 5.75 Å². The molecule has 7 heteroatoms. The van der Waals surface area contributed by atoms with E-state index in [4.69, 9.17) is 4.74 Å². The standard InChI is InChI=1S/C16H17N3O3.ClH/c1-11(20)19-14-8-12(5-6-15(14)22-2)9-18-16(21)13-4-3-7-17-10-13;/h3-8,10H,9H2,1-2H3,(H,18,21)(H,19,20);1H. The van der Waals surface area contributed by atoms with Crippen LogP contribution in [0.1, 0.15) is 22.8 Å². The molecule has 0 aliphatic rings. The van der Waals surface area contributed by atoms with Crippen LogP contribution in [0.15, 0.2) is 42.7 Å². The van der Waals surface area contributed by atoms with E-state index in [9.17, 15) is 9.59 Å². The first-order valence-corrected chi connectivity index (χ1v) is 6.73. The lowest BCUT2D eigenvalue weighted by Crippen LogP contribution is -2.23. The number of hydrogen-bond donors (Lipinski definition) is 2. The molecule has 122 valence electrons. The molecule has 0 fully saturated rings. The first kappa shape index (κ1) is 18.4. The molecule has 0 radical (unpaired) electrons. The number of benzene rings is 1. The average Bonchev–Trinajstić information content (AvgIpc) is 2.53. The summed E-state index contributed by atoms with van der Waals surface area (Å²) in [7, 11) is 1.53. The monoisotopic (exact) mass is 335 g/mol. The zero-order valence-corrected chi connectivity index (χ0v) is 13.6. The molecule has 0 atom stereocenters. The number of carbonyl (C=O) groups is 2. The summed E-state index contributed by atoms with van der Waals surface area (Å²) in [6, 6.07) is 8.74. The van der Waals surface area contributed by atoms with Gasteiger partial charge in [-0.15, -0.1) is 12.4 Å². The van der Waals surface area contributed by atoms with Crippen LogP contribution < -0.4 is 15.4 Å². The molecule has 6 nitrogen and oxygen atoms in total. The van der Waals surface area contributed by atoms with Gasteiger partial charge in [0.05, 0.1) is 18.4 Å². The molecule has 0 unspecified atom stereocenters. The maximum atomic E-state index is 12.0. The summed E-state index contributed by atoms with van der Waals surface area (Å²) in [6.07, 6.45) is 3.12. The molecule has 23 heavy (non-hydrogen) atoms. The van der Waals surface area contributed by atoms with Crippen molar-refractivity contribution in [1.82, 2.24) is 10.3 Å². The van der Waals surface area contributed by atoms with Gasteiger partial charge >= 0.3 is 0 Å². The van der Waals surface area contributed by atoms with Crippen LogP contribution in [0.5, 0.6) is 5.75 Å². The van der Waals surface area contributed by atoms with Crippen molar-refractivity contribution < 1.29 is 14.3 Å². The van der Waals surface area contributed by atoms with E-state index in [2.05, 4.69) is 15.6 Å². The van der Waals surface area contributed by atoms with Crippen LogP contribution in [0, 0.1) is 0 Å². The molecule has 1 heterocycles. The van der Waals surface area contributed by atoms with Crippen LogP contribution in [0.25, 0.3) is 0 Å². The number of anilines is 1. The number of carbonyl (C=O) groups excluding carboxylic acids is 2. The van der Waals surface area contributed by atoms with E-state index in [-0.39, 0.29) is 24.2 Å². The lowest BCUT2D eigenvalue weighted by Gasteiger charge is -2.11. The largest absolute Gasteiger partial charge is 0.495 e. The van der Waals surface area contributed by atoms with Gasteiger partial charge in [0, 0.05) is 25.9 Å². The Morgan fingerprint density at radius 3 is 2.65 bits per heavy atom. The topological polar surface area (TPSA) is 80.3 Å². The number of methoxy groups -OCH3 is 1. The fraction of sp³-hybridized carbons (Fsp3) is 0.188. The van der Waals surface area contributed by atoms with E-state index >= 15 is 0 Å². The molecule has 2 aromatic rings. The van der Waals surface area contributed by atoms with Gasteiger partial charge in [-0.25, -0.2) is 0 Å². The summed E-state index contributed by atoms with van der Waals surface area (Å²) in [5.74, 6) is 0.178. The summed E-state index contributed by atoms with van der Waals surface area (Å²) in [6.45, 7) is 1.76. The van der Waals surface area contributed by atoms with Gasteiger partial charge in [-0.3, -0.25) is 14.6 Å². The summed E-state index contributed by atoms with van der Waals surface area (Å²) >= 11 is 0. The lowest BCUT2D eigenvalue weighted by molar-refractivity contribution is -0.114. The Morgan fingerprint density at radius 1 is 1.26 bits per heavy atom. The molecule has 0 saturated carbocycles. The molecule has 0 aliphatic carbocycles. The van der Waals surface area contributed by atoms with Gasteiger partial charge in [0.25, 0.3) is 5.91 Å². The van der Waals surface area contributed by atoms with Crippen molar-refractivity contribution in [3.63, 3.8) is 0 Å². The highest BCUT2D eigenvalue weighted by Crippen LogP contribution is 2.25. The second-order valence-electron chi connectivity index (χ2n) is 4.64. The Morgan fingerprint density at radius 2 is 2.04 bits per heavy atom. The predicted molar refractivity (Wildman–Crippen MR) is 90.0 cm³/mol. The quantitative estimate of drug-likeness (QED) is 0.879.